The molecule has 2 aliphatic rings. The van der Waals surface area contributed by atoms with Crippen LogP contribution in [-0.4, -0.2) is 41.5 Å². The molecule has 0 bridgehead atoms. The van der Waals surface area contributed by atoms with E-state index in [1.54, 1.807) is 11.3 Å². The number of rotatable bonds is 7. The van der Waals surface area contributed by atoms with Crippen molar-refractivity contribution in [2.24, 2.45) is 0 Å². The number of nitrogens with zero attached hydrogens (tertiary/aromatic N) is 3. The number of amides is 1. The molecule has 1 saturated heterocycles. The van der Waals surface area contributed by atoms with Crippen LogP contribution >= 0.6 is 23.1 Å². The third kappa shape index (κ3) is 3.98. The largest absolute Gasteiger partial charge is 0.354 e. The highest BCUT2D eigenvalue weighted by atomic mass is 32.2. The van der Waals surface area contributed by atoms with E-state index >= 15 is 0 Å². The van der Waals surface area contributed by atoms with Crippen LogP contribution in [0.2, 0.25) is 0 Å². The monoisotopic (exact) mass is 374 g/mol. The lowest BCUT2D eigenvalue weighted by Crippen LogP contribution is -2.33. The number of hydrogen-bond acceptors (Lipinski definition) is 6. The first-order valence-corrected chi connectivity index (χ1v) is 10.6. The first kappa shape index (κ1) is 16.8. The molecular weight excluding hydrogens is 352 g/mol. The number of thioether (sulfide) groups is 1. The Hall–Kier alpha value is -1.60. The van der Waals surface area contributed by atoms with Gasteiger partial charge < -0.3 is 10.2 Å². The molecule has 1 aromatic heterocycles. The maximum Gasteiger partial charge on any atom is 0.230 e. The van der Waals surface area contributed by atoms with Gasteiger partial charge in [-0.1, -0.05) is 53.4 Å². The van der Waals surface area contributed by atoms with Gasteiger partial charge >= 0.3 is 0 Å². The minimum Gasteiger partial charge on any atom is -0.354 e. The lowest BCUT2D eigenvalue weighted by atomic mass is 9.96. The van der Waals surface area contributed by atoms with Crippen LogP contribution < -0.4 is 10.2 Å². The number of nitrogens with one attached hydrogen (secondary N) is 1. The van der Waals surface area contributed by atoms with Crippen molar-refractivity contribution in [2.45, 2.75) is 35.4 Å². The Balaban J connectivity index is 1.24. The van der Waals surface area contributed by atoms with Crippen LogP contribution in [-0.2, 0) is 10.2 Å². The van der Waals surface area contributed by atoms with E-state index in [1.807, 2.05) is 6.07 Å². The van der Waals surface area contributed by atoms with E-state index in [-0.39, 0.29) is 11.3 Å². The molecule has 4 rings (SSSR count). The molecule has 132 valence electrons. The molecule has 25 heavy (non-hydrogen) atoms. The van der Waals surface area contributed by atoms with Gasteiger partial charge in [0, 0.05) is 25.0 Å². The third-order valence-electron chi connectivity index (χ3n) is 4.96. The Morgan fingerprint density at radius 1 is 1.20 bits per heavy atom. The van der Waals surface area contributed by atoms with Crippen LogP contribution in [0.15, 0.2) is 34.7 Å². The van der Waals surface area contributed by atoms with Crippen molar-refractivity contribution in [3.63, 3.8) is 0 Å². The molecule has 5 nitrogen and oxygen atoms in total. The van der Waals surface area contributed by atoms with Gasteiger partial charge in [0.2, 0.25) is 11.0 Å². The van der Waals surface area contributed by atoms with Gasteiger partial charge in [0.25, 0.3) is 0 Å². The molecule has 7 heteroatoms. The van der Waals surface area contributed by atoms with E-state index in [0.29, 0.717) is 5.75 Å². The molecule has 1 N–H and O–H groups in total. The second-order valence-corrected chi connectivity index (χ2v) is 8.93. The summed E-state index contributed by atoms with van der Waals surface area (Å²) in [6, 6.07) is 10.5. The van der Waals surface area contributed by atoms with Crippen LogP contribution in [0.25, 0.3) is 0 Å². The Morgan fingerprint density at radius 2 is 1.96 bits per heavy atom. The predicted molar refractivity (Wildman–Crippen MR) is 102 cm³/mol. The minimum atomic E-state index is 0.0742. The summed E-state index contributed by atoms with van der Waals surface area (Å²) in [5.74, 6) is 0.476. The van der Waals surface area contributed by atoms with Crippen molar-refractivity contribution in [3.05, 3.63) is 35.9 Å². The minimum absolute atomic E-state index is 0.0742. The molecule has 0 radical (unpaired) electrons. The van der Waals surface area contributed by atoms with Crippen molar-refractivity contribution in [2.75, 3.05) is 30.3 Å². The highest BCUT2D eigenvalue weighted by molar-refractivity contribution is 8.01. The van der Waals surface area contributed by atoms with Gasteiger partial charge in [-0.15, -0.1) is 10.2 Å². The molecule has 1 aliphatic heterocycles. The number of aromatic nitrogens is 2. The normalized spacial score (nSPS) is 18.3. The molecule has 0 atom stereocenters. The van der Waals surface area contributed by atoms with E-state index in [0.717, 1.165) is 41.9 Å². The molecule has 1 saturated carbocycles. The smallest absolute Gasteiger partial charge is 0.230 e. The number of carbonyl (C=O) groups is 1. The lowest BCUT2D eigenvalue weighted by Gasteiger charge is -2.16. The lowest BCUT2D eigenvalue weighted by molar-refractivity contribution is -0.118. The van der Waals surface area contributed by atoms with E-state index in [1.165, 1.54) is 30.2 Å². The zero-order valence-corrected chi connectivity index (χ0v) is 15.7. The Labute approximate surface area is 156 Å². The molecular formula is C18H22N4OS2. The Bertz CT molecular complexity index is 724. The van der Waals surface area contributed by atoms with Crippen molar-refractivity contribution >= 4 is 34.1 Å². The van der Waals surface area contributed by atoms with Gasteiger partial charge in [-0.05, 0) is 31.2 Å². The molecule has 2 heterocycles. The number of hydrogen-bond donors (Lipinski definition) is 1. The van der Waals surface area contributed by atoms with Gasteiger partial charge in [-0.3, -0.25) is 4.79 Å². The van der Waals surface area contributed by atoms with E-state index < -0.39 is 0 Å². The summed E-state index contributed by atoms with van der Waals surface area (Å²) < 4.78 is 0.876. The molecule has 1 amide bonds. The summed E-state index contributed by atoms with van der Waals surface area (Å²) in [5, 5.41) is 12.6. The predicted octanol–water partition coefficient (Wildman–Crippen LogP) is 3.08. The van der Waals surface area contributed by atoms with Crippen LogP contribution in [0.3, 0.4) is 0 Å². The molecule has 1 aromatic carbocycles. The summed E-state index contributed by atoms with van der Waals surface area (Å²) in [4.78, 5) is 14.5. The van der Waals surface area contributed by atoms with Crippen molar-refractivity contribution in [3.8, 4) is 0 Å². The van der Waals surface area contributed by atoms with Gasteiger partial charge in [0.15, 0.2) is 4.34 Å². The fourth-order valence-electron chi connectivity index (χ4n) is 3.25. The number of carbonyl (C=O) groups excluding carboxylic acids is 1. The summed E-state index contributed by atoms with van der Waals surface area (Å²) >= 11 is 3.07. The fourth-order valence-corrected chi connectivity index (χ4v) is 4.98. The summed E-state index contributed by atoms with van der Waals surface area (Å²) in [5.41, 5.74) is 1.50. The molecule has 2 aromatic rings. The summed E-state index contributed by atoms with van der Waals surface area (Å²) in [6.07, 6.45) is 4.77. The maximum atomic E-state index is 12.2. The van der Waals surface area contributed by atoms with Crippen LogP contribution in [0.4, 0.5) is 5.13 Å². The van der Waals surface area contributed by atoms with Crippen LogP contribution in [0, 0.1) is 0 Å². The topological polar surface area (TPSA) is 58.1 Å². The van der Waals surface area contributed by atoms with E-state index in [4.69, 9.17) is 0 Å². The average molecular weight is 375 g/mol. The SMILES string of the molecule is O=C(CSc1nnc(N2CCCC2)s1)NCC1(c2ccccc2)CC1. The zero-order valence-electron chi connectivity index (χ0n) is 14.1. The summed E-state index contributed by atoms with van der Waals surface area (Å²) in [7, 11) is 0. The van der Waals surface area contributed by atoms with E-state index in [2.05, 4.69) is 44.7 Å². The zero-order chi connectivity index (χ0) is 17.1. The van der Waals surface area contributed by atoms with Gasteiger partial charge in [0.05, 0.1) is 5.75 Å². The van der Waals surface area contributed by atoms with Crippen molar-refractivity contribution < 1.29 is 4.79 Å². The second kappa shape index (κ2) is 7.33. The molecule has 1 aliphatic carbocycles. The highest BCUT2D eigenvalue weighted by Gasteiger charge is 2.44. The van der Waals surface area contributed by atoms with Crippen LogP contribution in [0.5, 0.6) is 0 Å². The van der Waals surface area contributed by atoms with Gasteiger partial charge in [-0.25, -0.2) is 0 Å². The van der Waals surface area contributed by atoms with Crippen molar-refractivity contribution in [1.82, 2.24) is 15.5 Å². The van der Waals surface area contributed by atoms with Gasteiger partial charge in [-0.2, -0.15) is 0 Å². The quantitative estimate of drug-likeness (QED) is 0.755. The first-order chi connectivity index (χ1) is 12.3. The van der Waals surface area contributed by atoms with Gasteiger partial charge in [0.1, 0.15) is 0 Å². The number of anilines is 1. The summed E-state index contributed by atoms with van der Waals surface area (Å²) in [6.45, 7) is 2.87. The van der Waals surface area contributed by atoms with Crippen LogP contribution in [0.1, 0.15) is 31.2 Å². The number of benzene rings is 1. The third-order valence-corrected chi connectivity index (χ3v) is 7.08. The second-order valence-electron chi connectivity index (χ2n) is 6.76. The van der Waals surface area contributed by atoms with E-state index in [9.17, 15) is 4.79 Å². The molecule has 0 unspecified atom stereocenters. The average Bonchev–Trinajstić information content (AvgIpc) is 3.04. The van der Waals surface area contributed by atoms with Crippen molar-refractivity contribution in [1.29, 1.82) is 0 Å². The highest BCUT2D eigenvalue weighted by Crippen LogP contribution is 2.47. The first-order valence-electron chi connectivity index (χ1n) is 8.79. The molecule has 0 spiro atoms. The standard InChI is InChI=1S/C18H22N4OS2/c23-15(19-13-18(8-9-18)14-6-2-1-3-7-14)12-24-17-21-20-16(25-17)22-10-4-5-11-22/h1-3,6-7H,4-5,8-13H2,(H,19,23). The fraction of sp³-hybridized carbons (Fsp3) is 0.500. The Kier molecular flexibility index (Phi) is 4.94. The molecule has 2 fully saturated rings. The maximum absolute atomic E-state index is 12.2. The Morgan fingerprint density at radius 3 is 2.68 bits per heavy atom.